The smallest absolute Gasteiger partial charge is 0.271 e. The molecule has 1 aromatic heterocycles. The molecule has 48 heavy (non-hydrogen) atoms. The standard InChI is InChI=1S/C39H34N4O4S/c1-27-8-17-33(18-9-27)41-39-42-35(26-48-39)31-13-15-32(16-14-31)38(44)43-40-23-28-10-19-34(20-11-28)46-25-30-12-21-36(37(22-30)45-2)47-24-29-6-4-3-5-7-29/h3-23,26H,24-25H2,1-2H3,(H,41,42)(H,43,44)/b40-23+. The summed E-state index contributed by atoms with van der Waals surface area (Å²) in [5, 5.41) is 10.2. The predicted octanol–water partition coefficient (Wildman–Crippen LogP) is 8.79. The third kappa shape index (κ3) is 8.65. The van der Waals surface area contributed by atoms with E-state index in [2.05, 4.69) is 39.9 Å². The van der Waals surface area contributed by atoms with Gasteiger partial charge in [0.25, 0.3) is 5.91 Å². The fourth-order valence-electron chi connectivity index (χ4n) is 4.72. The van der Waals surface area contributed by atoms with Crippen LogP contribution in [-0.2, 0) is 13.2 Å². The van der Waals surface area contributed by atoms with E-state index in [0.29, 0.717) is 36.0 Å². The topological polar surface area (TPSA) is 94.1 Å². The number of hydrazone groups is 1. The third-order valence-electron chi connectivity index (χ3n) is 7.38. The number of hydrogen-bond donors (Lipinski definition) is 2. The number of aryl methyl sites for hydroxylation is 1. The normalized spacial score (nSPS) is 10.9. The van der Waals surface area contributed by atoms with Gasteiger partial charge in [0.1, 0.15) is 19.0 Å². The number of carbonyl (C=O) groups is 1. The average molecular weight is 655 g/mol. The van der Waals surface area contributed by atoms with Crippen LogP contribution in [0.4, 0.5) is 10.8 Å². The Morgan fingerprint density at radius 2 is 1.56 bits per heavy atom. The van der Waals surface area contributed by atoms with Crippen molar-refractivity contribution < 1.29 is 19.0 Å². The maximum Gasteiger partial charge on any atom is 0.271 e. The number of thiazole rings is 1. The molecular formula is C39H34N4O4S. The van der Waals surface area contributed by atoms with Crippen LogP contribution in [0.1, 0.15) is 32.6 Å². The first-order chi connectivity index (χ1) is 23.5. The zero-order valence-electron chi connectivity index (χ0n) is 26.6. The van der Waals surface area contributed by atoms with Crippen molar-refractivity contribution in [2.45, 2.75) is 20.1 Å². The first kappa shape index (κ1) is 32.0. The van der Waals surface area contributed by atoms with Gasteiger partial charge in [-0.2, -0.15) is 5.10 Å². The number of nitrogens with one attached hydrogen (secondary N) is 2. The summed E-state index contributed by atoms with van der Waals surface area (Å²) >= 11 is 1.53. The van der Waals surface area contributed by atoms with Gasteiger partial charge in [0.15, 0.2) is 16.6 Å². The molecule has 0 aliphatic rings. The molecule has 5 aromatic carbocycles. The van der Waals surface area contributed by atoms with Crippen molar-refractivity contribution in [3.8, 4) is 28.5 Å². The van der Waals surface area contributed by atoms with Gasteiger partial charge in [0.2, 0.25) is 0 Å². The Hall–Kier alpha value is -5.93. The first-order valence-electron chi connectivity index (χ1n) is 15.3. The molecule has 0 atom stereocenters. The number of methoxy groups -OCH3 is 1. The Morgan fingerprint density at radius 1 is 0.812 bits per heavy atom. The number of ether oxygens (including phenoxy) is 3. The van der Waals surface area contributed by atoms with Crippen LogP contribution in [0, 0.1) is 6.92 Å². The fourth-order valence-corrected chi connectivity index (χ4v) is 5.46. The van der Waals surface area contributed by atoms with E-state index in [1.54, 1.807) is 25.5 Å². The molecule has 0 aliphatic heterocycles. The van der Waals surface area contributed by atoms with Crippen molar-refractivity contribution in [2.24, 2.45) is 5.10 Å². The van der Waals surface area contributed by atoms with Gasteiger partial charge in [-0.1, -0.05) is 66.2 Å². The van der Waals surface area contributed by atoms with Crippen molar-refractivity contribution in [2.75, 3.05) is 12.4 Å². The van der Waals surface area contributed by atoms with E-state index >= 15 is 0 Å². The summed E-state index contributed by atoms with van der Waals surface area (Å²) in [6, 6.07) is 38.7. The maximum absolute atomic E-state index is 12.7. The van der Waals surface area contributed by atoms with Gasteiger partial charge >= 0.3 is 0 Å². The highest BCUT2D eigenvalue weighted by Gasteiger charge is 2.09. The largest absolute Gasteiger partial charge is 0.493 e. The monoisotopic (exact) mass is 654 g/mol. The fraction of sp³-hybridized carbons (Fsp3) is 0.103. The third-order valence-corrected chi connectivity index (χ3v) is 8.14. The summed E-state index contributed by atoms with van der Waals surface area (Å²) in [6.45, 7) is 2.88. The van der Waals surface area contributed by atoms with Gasteiger partial charge in [-0.3, -0.25) is 4.79 Å². The molecule has 0 bridgehead atoms. The number of amides is 1. The molecule has 0 aliphatic carbocycles. The Bertz CT molecular complexity index is 1970. The molecule has 0 fully saturated rings. The van der Waals surface area contributed by atoms with E-state index in [1.807, 2.05) is 102 Å². The molecule has 6 aromatic rings. The molecule has 2 N–H and O–H groups in total. The molecule has 0 radical (unpaired) electrons. The second kappa shape index (κ2) is 15.6. The van der Waals surface area contributed by atoms with E-state index in [9.17, 15) is 4.79 Å². The summed E-state index contributed by atoms with van der Waals surface area (Å²) in [6.07, 6.45) is 1.59. The van der Waals surface area contributed by atoms with Gasteiger partial charge in [-0.05, 0) is 84.3 Å². The Labute approximate surface area is 283 Å². The lowest BCUT2D eigenvalue weighted by atomic mass is 10.1. The molecule has 0 spiro atoms. The first-order valence-corrected chi connectivity index (χ1v) is 16.2. The molecule has 0 saturated carbocycles. The van der Waals surface area contributed by atoms with Crippen LogP contribution in [0.5, 0.6) is 17.2 Å². The molecule has 9 heteroatoms. The summed E-state index contributed by atoms with van der Waals surface area (Å²) in [7, 11) is 1.62. The highest BCUT2D eigenvalue weighted by atomic mass is 32.1. The van der Waals surface area contributed by atoms with Crippen molar-refractivity contribution in [3.05, 3.63) is 155 Å². The quantitative estimate of drug-likeness (QED) is 0.0955. The van der Waals surface area contributed by atoms with Crippen LogP contribution in [0.2, 0.25) is 0 Å². The molecule has 1 heterocycles. The number of carbonyl (C=O) groups excluding carboxylic acids is 1. The molecule has 0 unspecified atom stereocenters. The minimum absolute atomic E-state index is 0.301. The van der Waals surface area contributed by atoms with E-state index in [0.717, 1.165) is 38.8 Å². The lowest BCUT2D eigenvalue weighted by Gasteiger charge is -2.13. The van der Waals surface area contributed by atoms with Crippen LogP contribution in [0.3, 0.4) is 0 Å². The Kier molecular flexibility index (Phi) is 10.4. The summed E-state index contributed by atoms with van der Waals surface area (Å²) in [5.41, 5.74) is 9.91. The van der Waals surface area contributed by atoms with Crippen molar-refractivity contribution in [3.63, 3.8) is 0 Å². The zero-order chi connectivity index (χ0) is 33.1. The maximum atomic E-state index is 12.7. The second-order valence-corrected chi connectivity index (χ2v) is 11.8. The number of anilines is 2. The number of aromatic nitrogens is 1. The van der Waals surface area contributed by atoms with Crippen LogP contribution < -0.4 is 25.0 Å². The van der Waals surface area contributed by atoms with Crippen molar-refractivity contribution >= 4 is 34.3 Å². The number of rotatable bonds is 13. The van der Waals surface area contributed by atoms with E-state index < -0.39 is 0 Å². The second-order valence-electron chi connectivity index (χ2n) is 10.9. The van der Waals surface area contributed by atoms with Gasteiger partial charge < -0.3 is 19.5 Å². The van der Waals surface area contributed by atoms with E-state index in [4.69, 9.17) is 14.2 Å². The predicted molar refractivity (Wildman–Crippen MR) is 192 cm³/mol. The SMILES string of the molecule is COc1cc(COc2ccc(/C=N/NC(=O)c3ccc(-c4csc(Nc5ccc(C)cc5)n4)cc3)cc2)ccc1OCc1ccccc1. The van der Waals surface area contributed by atoms with Crippen molar-refractivity contribution in [1.82, 2.24) is 10.4 Å². The lowest BCUT2D eigenvalue weighted by Crippen LogP contribution is -2.17. The van der Waals surface area contributed by atoms with E-state index in [1.165, 1.54) is 16.9 Å². The van der Waals surface area contributed by atoms with Crippen LogP contribution in [-0.4, -0.2) is 24.2 Å². The van der Waals surface area contributed by atoms with Gasteiger partial charge in [0.05, 0.1) is 19.0 Å². The van der Waals surface area contributed by atoms with Crippen molar-refractivity contribution in [1.29, 1.82) is 0 Å². The zero-order valence-corrected chi connectivity index (χ0v) is 27.4. The molecule has 240 valence electrons. The highest BCUT2D eigenvalue weighted by molar-refractivity contribution is 7.14. The van der Waals surface area contributed by atoms with E-state index in [-0.39, 0.29) is 5.91 Å². The lowest BCUT2D eigenvalue weighted by molar-refractivity contribution is 0.0955. The van der Waals surface area contributed by atoms with Crippen LogP contribution in [0.25, 0.3) is 11.3 Å². The molecular weight excluding hydrogens is 621 g/mol. The molecule has 1 amide bonds. The van der Waals surface area contributed by atoms with Gasteiger partial charge in [0, 0.05) is 22.2 Å². The summed E-state index contributed by atoms with van der Waals surface area (Å²) in [5.74, 6) is 1.73. The number of nitrogens with zero attached hydrogens (tertiary/aromatic N) is 2. The summed E-state index contributed by atoms with van der Waals surface area (Å²) in [4.78, 5) is 17.3. The Morgan fingerprint density at radius 3 is 2.31 bits per heavy atom. The molecule has 8 nitrogen and oxygen atoms in total. The molecule has 6 rings (SSSR count). The van der Waals surface area contributed by atoms with Crippen LogP contribution >= 0.6 is 11.3 Å². The average Bonchev–Trinajstić information content (AvgIpc) is 3.60. The number of benzene rings is 5. The minimum atomic E-state index is -0.301. The van der Waals surface area contributed by atoms with Crippen LogP contribution in [0.15, 0.2) is 132 Å². The van der Waals surface area contributed by atoms with Gasteiger partial charge in [-0.25, -0.2) is 10.4 Å². The van der Waals surface area contributed by atoms with Gasteiger partial charge in [-0.15, -0.1) is 11.3 Å². The number of hydrogen-bond acceptors (Lipinski definition) is 8. The molecule has 0 saturated heterocycles. The highest BCUT2D eigenvalue weighted by Crippen LogP contribution is 2.30. The summed E-state index contributed by atoms with van der Waals surface area (Å²) < 4.78 is 17.5. The minimum Gasteiger partial charge on any atom is -0.493 e. The Balaban J connectivity index is 0.965.